The van der Waals surface area contributed by atoms with E-state index in [4.69, 9.17) is 16.3 Å². The summed E-state index contributed by atoms with van der Waals surface area (Å²) < 4.78 is 35.9. The van der Waals surface area contributed by atoms with E-state index in [0.29, 0.717) is 22.0 Å². The molecule has 0 radical (unpaired) electrons. The number of sulfone groups is 1. The summed E-state index contributed by atoms with van der Waals surface area (Å²) in [6.45, 7) is -0.627. The number of esters is 1. The molecular weight excluding hydrogens is 482 g/mol. The van der Waals surface area contributed by atoms with Crippen LogP contribution in [0.5, 0.6) is 5.75 Å². The summed E-state index contributed by atoms with van der Waals surface area (Å²) in [7, 11) is -3.10. The van der Waals surface area contributed by atoms with Crippen molar-refractivity contribution in [2.75, 3.05) is 24.8 Å². The van der Waals surface area contributed by atoms with Gasteiger partial charge in [0.25, 0.3) is 5.91 Å². The third-order valence-electron chi connectivity index (χ3n) is 4.79. The molecule has 3 aromatic rings. The summed E-state index contributed by atoms with van der Waals surface area (Å²) in [5.41, 5.74) is -1.71. The number of rotatable bonds is 9. The van der Waals surface area contributed by atoms with Crippen molar-refractivity contribution >= 4 is 39.0 Å². The SMILES string of the molecule is COC(=O)C(O)(COc1ccccc1)CS(=O)(=O)c1ccc(NC(=O)c2ccc(Cl)cc2)cc1. The van der Waals surface area contributed by atoms with Crippen LogP contribution in [0.1, 0.15) is 10.4 Å². The van der Waals surface area contributed by atoms with Crippen molar-refractivity contribution in [2.45, 2.75) is 10.5 Å². The fraction of sp³-hybridized carbons (Fsp3) is 0.167. The maximum absolute atomic E-state index is 12.9. The number of amides is 1. The van der Waals surface area contributed by atoms with Crippen LogP contribution in [-0.4, -0.2) is 50.5 Å². The van der Waals surface area contributed by atoms with Crippen LogP contribution in [0.4, 0.5) is 5.69 Å². The number of nitrogens with one attached hydrogen (secondary N) is 1. The summed E-state index contributed by atoms with van der Waals surface area (Å²) in [6, 6.07) is 19.9. The van der Waals surface area contributed by atoms with Crippen LogP contribution in [0, 0.1) is 0 Å². The van der Waals surface area contributed by atoms with Crippen LogP contribution in [0.15, 0.2) is 83.8 Å². The van der Waals surface area contributed by atoms with Crippen molar-refractivity contribution in [3.63, 3.8) is 0 Å². The molecular formula is C24H22ClNO7S. The van der Waals surface area contributed by atoms with Crippen LogP contribution in [-0.2, 0) is 19.4 Å². The van der Waals surface area contributed by atoms with Crippen molar-refractivity contribution in [3.05, 3.63) is 89.4 Å². The van der Waals surface area contributed by atoms with Gasteiger partial charge in [-0.15, -0.1) is 0 Å². The zero-order valence-corrected chi connectivity index (χ0v) is 19.7. The lowest BCUT2D eigenvalue weighted by atomic mass is 10.1. The molecule has 1 unspecified atom stereocenters. The molecule has 34 heavy (non-hydrogen) atoms. The van der Waals surface area contributed by atoms with E-state index in [-0.39, 0.29) is 4.90 Å². The van der Waals surface area contributed by atoms with Crippen LogP contribution < -0.4 is 10.1 Å². The standard InChI is InChI=1S/C24H22ClNO7S/c1-32-23(28)24(29,15-33-20-5-3-2-4-6-20)16-34(30,31)21-13-11-19(12-14-21)26-22(27)17-7-9-18(25)10-8-17/h2-14,29H,15-16H2,1H3,(H,26,27). The van der Waals surface area contributed by atoms with Crippen LogP contribution in [0.25, 0.3) is 0 Å². The zero-order chi connectivity index (χ0) is 24.8. The summed E-state index contributed by atoms with van der Waals surface area (Å²) in [4.78, 5) is 24.4. The van der Waals surface area contributed by atoms with Gasteiger partial charge in [-0.1, -0.05) is 29.8 Å². The molecule has 0 aliphatic heterocycles. The molecule has 0 aliphatic carbocycles. The molecule has 0 aromatic heterocycles. The molecule has 0 spiro atoms. The smallest absolute Gasteiger partial charge is 0.342 e. The van der Waals surface area contributed by atoms with Gasteiger partial charge in [0.05, 0.1) is 17.8 Å². The highest BCUT2D eigenvalue weighted by Crippen LogP contribution is 2.22. The second-order valence-electron chi connectivity index (χ2n) is 7.37. The highest BCUT2D eigenvalue weighted by atomic mass is 35.5. The van der Waals surface area contributed by atoms with Gasteiger partial charge < -0.3 is 19.9 Å². The van der Waals surface area contributed by atoms with Crippen LogP contribution in [0.3, 0.4) is 0 Å². The third-order valence-corrected chi connectivity index (χ3v) is 6.89. The Labute approximate surface area is 202 Å². The molecule has 0 bridgehead atoms. The minimum absolute atomic E-state index is 0.154. The largest absolute Gasteiger partial charge is 0.490 e. The molecule has 3 rings (SSSR count). The maximum Gasteiger partial charge on any atom is 0.342 e. The summed E-state index contributed by atoms with van der Waals surface area (Å²) >= 11 is 5.82. The van der Waals surface area contributed by atoms with Crippen LogP contribution in [0.2, 0.25) is 5.02 Å². The van der Waals surface area contributed by atoms with Gasteiger partial charge in [-0.05, 0) is 60.7 Å². The average Bonchev–Trinajstić information content (AvgIpc) is 2.83. The first-order chi connectivity index (χ1) is 16.1. The number of benzene rings is 3. The minimum atomic E-state index is -4.14. The first-order valence-electron chi connectivity index (χ1n) is 10.0. The lowest BCUT2D eigenvalue weighted by Crippen LogP contribution is -2.50. The Hall–Kier alpha value is -3.40. The van der Waals surface area contributed by atoms with E-state index in [0.717, 1.165) is 7.11 Å². The van der Waals surface area contributed by atoms with Gasteiger partial charge in [0.15, 0.2) is 9.84 Å². The second-order valence-corrected chi connectivity index (χ2v) is 9.80. The topological polar surface area (TPSA) is 119 Å². The van der Waals surface area contributed by atoms with Gasteiger partial charge in [0, 0.05) is 16.3 Å². The van der Waals surface area contributed by atoms with E-state index in [1.807, 2.05) is 0 Å². The molecule has 3 aromatic carbocycles. The Kier molecular flexibility index (Phi) is 7.93. The number of methoxy groups -OCH3 is 1. The van der Waals surface area contributed by atoms with Crippen molar-refractivity contribution in [1.29, 1.82) is 0 Å². The number of carbonyl (C=O) groups excluding carboxylic acids is 2. The molecule has 2 N–H and O–H groups in total. The van der Waals surface area contributed by atoms with E-state index >= 15 is 0 Å². The highest BCUT2D eigenvalue weighted by Gasteiger charge is 2.43. The number of anilines is 1. The van der Waals surface area contributed by atoms with Crippen molar-refractivity contribution < 1.29 is 32.6 Å². The molecule has 10 heteroatoms. The average molecular weight is 504 g/mol. The van der Waals surface area contributed by atoms with Crippen molar-refractivity contribution in [2.24, 2.45) is 0 Å². The predicted octanol–water partition coefficient (Wildman–Crippen LogP) is 3.35. The molecule has 0 saturated heterocycles. The predicted molar refractivity (Wildman–Crippen MR) is 127 cm³/mol. The molecule has 0 saturated carbocycles. The quantitative estimate of drug-likeness (QED) is 0.430. The molecule has 0 fully saturated rings. The molecule has 1 atom stereocenters. The van der Waals surface area contributed by atoms with Crippen molar-refractivity contribution in [3.8, 4) is 5.75 Å². The number of carbonyl (C=O) groups is 2. The van der Waals surface area contributed by atoms with Gasteiger partial charge in [-0.2, -0.15) is 0 Å². The lowest BCUT2D eigenvalue weighted by Gasteiger charge is -2.25. The lowest BCUT2D eigenvalue weighted by molar-refractivity contribution is -0.162. The molecule has 0 heterocycles. The fourth-order valence-electron chi connectivity index (χ4n) is 3.02. The van der Waals surface area contributed by atoms with Gasteiger partial charge in [0.2, 0.25) is 5.60 Å². The van der Waals surface area contributed by atoms with Crippen molar-refractivity contribution in [1.82, 2.24) is 0 Å². The Bertz CT molecular complexity index is 1250. The van der Waals surface area contributed by atoms with Crippen LogP contribution >= 0.6 is 11.6 Å². The summed E-state index contributed by atoms with van der Waals surface area (Å²) in [5.74, 6) is -2.15. The first kappa shape index (κ1) is 25.2. The first-order valence-corrected chi connectivity index (χ1v) is 12.0. The second kappa shape index (κ2) is 10.7. The van der Waals surface area contributed by atoms with Gasteiger partial charge in [-0.3, -0.25) is 4.79 Å². The number of aliphatic hydroxyl groups is 1. The number of halogens is 1. The number of hydrogen-bond acceptors (Lipinski definition) is 7. The van der Waals surface area contributed by atoms with Gasteiger partial charge >= 0.3 is 5.97 Å². The van der Waals surface area contributed by atoms with E-state index in [1.165, 1.54) is 24.3 Å². The van der Waals surface area contributed by atoms with Gasteiger partial charge in [0.1, 0.15) is 12.4 Å². The maximum atomic E-state index is 12.9. The summed E-state index contributed by atoms with van der Waals surface area (Å²) in [6.07, 6.45) is 0. The van der Waals surface area contributed by atoms with E-state index in [2.05, 4.69) is 10.1 Å². The monoisotopic (exact) mass is 503 g/mol. The Morgan fingerprint density at radius 1 is 0.971 bits per heavy atom. The third kappa shape index (κ3) is 6.34. The molecule has 8 nitrogen and oxygen atoms in total. The Balaban J connectivity index is 1.73. The van der Waals surface area contributed by atoms with E-state index in [9.17, 15) is 23.1 Å². The Morgan fingerprint density at radius 3 is 2.18 bits per heavy atom. The minimum Gasteiger partial charge on any atom is -0.490 e. The molecule has 1 amide bonds. The number of para-hydroxylation sites is 1. The van der Waals surface area contributed by atoms with E-state index in [1.54, 1.807) is 54.6 Å². The highest BCUT2D eigenvalue weighted by molar-refractivity contribution is 7.91. The number of hydrogen-bond donors (Lipinski definition) is 2. The van der Waals surface area contributed by atoms with Gasteiger partial charge in [-0.25, -0.2) is 13.2 Å². The normalized spacial score (nSPS) is 12.9. The Morgan fingerprint density at radius 2 is 1.59 bits per heavy atom. The molecule has 178 valence electrons. The number of ether oxygens (including phenoxy) is 2. The molecule has 0 aliphatic rings. The fourth-order valence-corrected chi connectivity index (χ4v) is 4.69. The zero-order valence-electron chi connectivity index (χ0n) is 18.1. The summed E-state index contributed by atoms with van der Waals surface area (Å²) in [5, 5.41) is 14.0. The van der Waals surface area contributed by atoms with E-state index < -0.39 is 39.7 Å².